The van der Waals surface area contributed by atoms with Crippen molar-refractivity contribution in [3.8, 4) is 27.6 Å². The van der Waals surface area contributed by atoms with Crippen molar-refractivity contribution >= 4 is 28.3 Å². The van der Waals surface area contributed by atoms with Crippen LogP contribution in [0.25, 0.3) is 32.7 Å². The molecule has 5 rings (SSSR count). The number of carbonyl (C=O) groups excluding carboxylic acids is 1. The Bertz CT molecular complexity index is 1480. The van der Waals surface area contributed by atoms with Crippen LogP contribution in [0.5, 0.6) is 0 Å². The van der Waals surface area contributed by atoms with Gasteiger partial charge in [0.15, 0.2) is 5.58 Å². The van der Waals surface area contributed by atoms with Crippen molar-refractivity contribution in [2.45, 2.75) is 18.9 Å². The van der Waals surface area contributed by atoms with E-state index in [4.69, 9.17) is 15.4 Å². The number of nitrogens with zero attached hydrogens (tertiary/aromatic N) is 2. The van der Waals surface area contributed by atoms with Crippen LogP contribution in [-0.2, 0) is 0 Å². The maximum Gasteiger partial charge on any atom is 0.417 e. The molecule has 7 nitrogen and oxygen atoms in total. The van der Waals surface area contributed by atoms with Crippen LogP contribution in [0.1, 0.15) is 28.1 Å². The maximum atomic E-state index is 14.4. The molecule has 2 aromatic heterocycles. The number of hydrogen-bond donors (Lipinski definition) is 2. The molecule has 0 aliphatic carbocycles. The molecule has 1 atom stereocenters. The normalized spacial score (nSPS) is 16.2. The first-order valence-corrected chi connectivity index (χ1v) is 11.3. The van der Waals surface area contributed by atoms with Crippen LogP contribution in [0.15, 0.2) is 51.7 Å². The summed E-state index contributed by atoms with van der Waals surface area (Å²) in [5.74, 6) is -1.31. The van der Waals surface area contributed by atoms with Crippen LogP contribution in [0, 0.1) is 17.1 Å². The number of halogens is 1. The Kier molecular flexibility index (Phi) is 5.32. The summed E-state index contributed by atoms with van der Waals surface area (Å²) in [5, 5.41) is 9.07. The van der Waals surface area contributed by atoms with E-state index < -0.39 is 11.6 Å². The van der Waals surface area contributed by atoms with E-state index in [2.05, 4.69) is 4.98 Å². The number of aromatic amines is 1. The predicted octanol–water partition coefficient (Wildman–Crippen LogP) is 4.09. The Morgan fingerprint density at radius 3 is 2.82 bits per heavy atom. The summed E-state index contributed by atoms with van der Waals surface area (Å²) in [6, 6.07) is 13.2. The van der Waals surface area contributed by atoms with Crippen LogP contribution >= 0.6 is 11.3 Å². The lowest BCUT2D eigenvalue weighted by Gasteiger charge is -2.30. The minimum absolute atomic E-state index is 0.0480. The second kappa shape index (κ2) is 8.31. The molecule has 33 heavy (non-hydrogen) atoms. The third-order valence-electron chi connectivity index (χ3n) is 5.77. The molecule has 0 spiro atoms. The lowest BCUT2D eigenvalue weighted by Crippen LogP contribution is -2.45. The zero-order valence-corrected chi connectivity index (χ0v) is 18.2. The number of piperidine rings is 1. The number of aromatic nitrogens is 1. The van der Waals surface area contributed by atoms with Gasteiger partial charge < -0.3 is 15.1 Å². The van der Waals surface area contributed by atoms with Crippen LogP contribution < -0.4 is 11.5 Å². The summed E-state index contributed by atoms with van der Waals surface area (Å²) in [6.45, 7) is 1.13. The Morgan fingerprint density at radius 1 is 1.24 bits per heavy atom. The van der Waals surface area contributed by atoms with Gasteiger partial charge in [-0.3, -0.25) is 9.78 Å². The number of nitrogens with two attached hydrogens (primary N) is 1. The van der Waals surface area contributed by atoms with E-state index in [1.807, 2.05) is 12.1 Å². The van der Waals surface area contributed by atoms with Gasteiger partial charge in [0.05, 0.1) is 16.0 Å². The van der Waals surface area contributed by atoms with Gasteiger partial charge in [-0.05, 0) is 54.3 Å². The van der Waals surface area contributed by atoms with Gasteiger partial charge in [-0.2, -0.15) is 5.26 Å². The van der Waals surface area contributed by atoms with Gasteiger partial charge in [-0.1, -0.05) is 12.1 Å². The molecule has 3 heterocycles. The topological polar surface area (TPSA) is 116 Å². The largest absolute Gasteiger partial charge is 0.417 e. The highest BCUT2D eigenvalue weighted by Crippen LogP contribution is 2.41. The molecule has 166 valence electrons. The van der Waals surface area contributed by atoms with Crippen molar-refractivity contribution in [3.05, 3.63) is 69.3 Å². The highest BCUT2D eigenvalue weighted by atomic mass is 32.1. The van der Waals surface area contributed by atoms with E-state index in [9.17, 15) is 14.0 Å². The number of nitrogens with one attached hydrogen (secondary N) is 1. The van der Waals surface area contributed by atoms with Crippen molar-refractivity contribution < 1.29 is 13.6 Å². The first kappa shape index (κ1) is 21.1. The Hall–Kier alpha value is -3.74. The Labute approximate surface area is 191 Å². The Morgan fingerprint density at radius 2 is 2.06 bits per heavy atom. The smallest absolute Gasteiger partial charge is 0.408 e. The van der Waals surface area contributed by atoms with E-state index in [1.54, 1.807) is 29.2 Å². The highest BCUT2D eigenvalue weighted by Gasteiger charge is 2.26. The average Bonchev–Trinajstić information content (AvgIpc) is 3.41. The number of benzene rings is 2. The molecule has 9 heteroatoms. The lowest BCUT2D eigenvalue weighted by molar-refractivity contribution is 0.0714. The van der Waals surface area contributed by atoms with Crippen molar-refractivity contribution in [1.82, 2.24) is 9.88 Å². The molecule has 0 radical (unpaired) electrons. The second-order valence-corrected chi connectivity index (χ2v) is 9.09. The molecule has 1 saturated heterocycles. The average molecular weight is 463 g/mol. The second-order valence-electron chi connectivity index (χ2n) is 8.04. The van der Waals surface area contributed by atoms with Crippen molar-refractivity contribution in [1.29, 1.82) is 5.26 Å². The van der Waals surface area contributed by atoms with Gasteiger partial charge in [0.2, 0.25) is 0 Å². The van der Waals surface area contributed by atoms with Crippen molar-refractivity contribution in [2.24, 2.45) is 5.73 Å². The van der Waals surface area contributed by atoms with Gasteiger partial charge in [0.25, 0.3) is 5.91 Å². The summed E-state index contributed by atoms with van der Waals surface area (Å²) >= 11 is 1.29. The summed E-state index contributed by atoms with van der Waals surface area (Å²) in [7, 11) is 0. The van der Waals surface area contributed by atoms with Crippen LogP contribution in [0.2, 0.25) is 0 Å². The van der Waals surface area contributed by atoms with E-state index >= 15 is 0 Å². The fourth-order valence-corrected chi connectivity index (χ4v) is 5.28. The first-order chi connectivity index (χ1) is 15.9. The highest BCUT2D eigenvalue weighted by molar-refractivity contribution is 7.18. The number of rotatable bonds is 3. The van der Waals surface area contributed by atoms with Gasteiger partial charge in [0, 0.05) is 29.6 Å². The van der Waals surface area contributed by atoms with E-state index in [0.717, 1.165) is 23.3 Å². The first-order valence-electron chi connectivity index (χ1n) is 10.4. The molecule has 0 unspecified atom stereocenters. The number of amides is 1. The van der Waals surface area contributed by atoms with Crippen LogP contribution in [0.4, 0.5) is 4.39 Å². The third kappa shape index (κ3) is 3.95. The molecular formula is C24H19FN4O3S. The SMILES string of the molecule is N#Cc1ccc(-c2cc(C(=O)N3CCC[C@@H](N)C3)sc2-c2ccc3[nH]c(=O)oc3c2)cc1F. The molecule has 3 N–H and O–H groups in total. The molecule has 1 aliphatic heterocycles. The summed E-state index contributed by atoms with van der Waals surface area (Å²) in [6.07, 6.45) is 1.74. The Balaban J connectivity index is 1.64. The number of nitriles is 1. The number of carbonyl (C=O) groups is 1. The van der Waals surface area contributed by atoms with E-state index in [0.29, 0.717) is 40.2 Å². The van der Waals surface area contributed by atoms with Gasteiger partial charge in [0.1, 0.15) is 11.9 Å². The minimum atomic E-state index is -0.630. The monoisotopic (exact) mass is 462 g/mol. The van der Waals surface area contributed by atoms with Crippen molar-refractivity contribution in [3.63, 3.8) is 0 Å². The van der Waals surface area contributed by atoms with Gasteiger partial charge in [-0.15, -0.1) is 11.3 Å². The molecule has 4 aromatic rings. The zero-order valence-electron chi connectivity index (χ0n) is 17.4. The molecular weight excluding hydrogens is 443 g/mol. The third-order valence-corrected chi connectivity index (χ3v) is 6.94. The molecule has 2 aromatic carbocycles. The fraction of sp³-hybridized carbons (Fsp3) is 0.208. The molecule has 1 amide bonds. The number of thiophene rings is 1. The number of fused-ring (bicyclic) bond motifs is 1. The predicted molar refractivity (Wildman–Crippen MR) is 123 cm³/mol. The molecule has 1 aliphatic rings. The number of likely N-dealkylation sites (tertiary alicyclic amines) is 1. The molecule has 1 fully saturated rings. The van der Waals surface area contributed by atoms with Crippen LogP contribution in [0.3, 0.4) is 0 Å². The van der Waals surface area contributed by atoms with E-state index in [1.165, 1.54) is 23.5 Å². The number of hydrogen-bond acceptors (Lipinski definition) is 6. The van der Waals surface area contributed by atoms with Crippen molar-refractivity contribution in [2.75, 3.05) is 13.1 Å². The zero-order chi connectivity index (χ0) is 23.1. The summed E-state index contributed by atoms with van der Waals surface area (Å²) < 4.78 is 19.6. The summed E-state index contributed by atoms with van der Waals surface area (Å²) in [5.41, 5.74) is 8.88. The van der Waals surface area contributed by atoms with Gasteiger partial charge in [-0.25, -0.2) is 9.18 Å². The summed E-state index contributed by atoms with van der Waals surface area (Å²) in [4.78, 5) is 30.4. The number of H-pyrrole nitrogens is 1. The number of oxazole rings is 1. The minimum Gasteiger partial charge on any atom is -0.408 e. The maximum absolute atomic E-state index is 14.4. The van der Waals surface area contributed by atoms with Gasteiger partial charge >= 0.3 is 5.76 Å². The quantitative estimate of drug-likeness (QED) is 0.476. The lowest BCUT2D eigenvalue weighted by atomic mass is 10.0. The molecule has 0 bridgehead atoms. The standard InChI is InChI=1S/C24H19FN4O3S/c25-18-8-13(3-4-15(18)11-26)17-10-21(23(30)29-7-1-2-16(27)12-29)33-22(17)14-5-6-19-20(9-14)32-24(31)28-19/h3-6,8-10,16H,1-2,7,12,27H2,(H,28,31)/t16-/m1/s1. The fourth-order valence-electron chi connectivity index (χ4n) is 4.14. The van der Waals surface area contributed by atoms with E-state index in [-0.39, 0.29) is 17.5 Å². The van der Waals surface area contributed by atoms with Crippen LogP contribution in [-0.4, -0.2) is 34.9 Å². The molecule has 0 saturated carbocycles.